The first kappa shape index (κ1) is 12.7. The molecule has 0 aromatic rings. The lowest BCUT2D eigenvalue weighted by Gasteiger charge is -2.37. The SMILES string of the molecule is CNCC(=O)N1[C@@H]2CC[C@H]1CC(N)C2.Cl. The molecule has 1 amide bonds. The average Bonchev–Trinajstić information content (AvgIpc) is 2.39. The molecule has 2 aliphatic heterocycles. The van der Waals surface area contributed by atoms with Gasteiger partial charge in [0.25, 0.3) is 0 Å². The van der Waals surface area contributed by atoms with Crippen molar-refractivity contribution in [1.29, 1.82) is 0 Å². The molecule has 3 N–H and O–H groups in total. The van der Waals surface area contributed by atoms with Crippen LogP contribution in [0, 0.1) is 0 Å². The molecule has 2 fully saturated rings. The Bertz CT molecular complexity index is 223. The average molecular weight is 234 g/mol. The number of fused-ring (bicyclic) bond motifs is 2. The minimum atomic E-state index is 0. The van der Waals surface area contributed by atoms with E-state index in [9.17, 15) is 4.79 Å². The monoisotopic (exact) mass is 233 g/mol. The molecule has 0 saturated carbocycles. The normalized spacial score (nSPS) is 33.7. The van der Waals surface area contributed by atoms with E-state index in [1.54, 1.807) is 0 Å². The van der Waals surface area contributed by atoms with E-state index in [2.05, 4.69) is 10.2 Å². The molecule has 0 aliphatic carbocycles. The van der Waals surface area contributed by atoms with E-state index in [0.29, 0.717) is 24.7 Å². The second-order valence-electron chi connectivity index (χ2n) is 4.45. The van der Waals surface area contributed by atoms with Gasteiger partial charge in [0, 0.05) is 18.1 Å². The Morgan fingerprint density at radius 1 is 1.40 bits per heavy atom. The topological polar surface area (TPSA) is 58.4 Å². The quantitative estimate of drug-likeness (QED) is 0.712. The standard InChI is InChI=1S/C10H19N3O.ClH/c1-12-6-10(14)13-8-2-3-9(13)5-7(11)4-8;/h7-9,12H,2-6,11H2,1H3;1H/t7?,8-,9+;. The molecule has 2 heterocycles. The van der Waals surface area contributed by atoms with Crippen LogP contribution < -0.4 is 11.1 Å². The summed E-state index contributed by atoms with van der Waals surface area (Å²) < 4.78 is 0. The maximum Gasteiger partial charge on any atom is 0.237 e. The zero-order chi connectivity index (χ0) is 10.1. The van der Waals surface area contributed by atoms with Crippen LogP contribution in [0.3, 0.4) is 0 Å². The number of amides is 1. The van der Waals surface area contributed by atoms with Gasteiger partial charge in [0.15, 0.2) is 0 Å². The van der Waals surface area contributed by atoms with Gasteiger partial charge in [-0.2, -0.15) is 0 Å². The van der Waals surface area contributed by atoms with Gasteiger partial charge >= 0.3 is 0 Å². The molecule has 2 rings (SSSR count). The van der Waals surface area contributed by atoms with Crippen LogP contribution in [0.15, 0.2) is 0 Å². The second kappa shape index (κ2) is 5.14. The molecule has 0 aromatic carbocycles. The zero-order valence-electron chi connectivity index (χ0n) is 9.11. The van der Waals surface area contributed by atoms with Crippen LogP contribution >= 0.6 is 12.4 Å². The van der Waals surface area contributed by atoms with Gasteiger partial charge in [0.2, 0.25) is 5.91 Å². The number of piperidine rings is 1. The van der Waals surface area contributed by atoms with Gasteiger partial charge in [-0.1, -0.05) is 0 Å². The lowest BCUT2D eigenvalue weighted by atomic mass is 9.98. The summed E-state index contributed by atoms with van der Waals surface area (Å²) in [6, 6.07) is 1.15. The smallest absolute Gasteiger partial charge is 0.237 e. The van der Waals surface area contributed by atoms with Crippen molar-refractivity contribution < 1.29 is 4.79 Å². The van der Waals surface area contributed by atoms with Gasteiger partial charge < -0.3 is 16.0 Å². The number of nitrogens with zero attached hydrogens (tertiary/aromatic N) is 1. The molecule has 88 valence electrons. The van der Waals surface area contributed by atoms with Crippen molar-refractivity contribution in [1.82, 2.24) is 10.2 Å². The molecule has 1 unspecified atom stereocenters. The van der Waals surface area contributed by atoms with Crippen LogP contribution in [0.2, 0.25) is 0 Å². The first-order chi connectivity index (χ1) is 6.72. The van der Waals surface area contributed by atoms with Crippen LogP contribution in [0.1, 0.15) is 25.7 Å². The molecule has 0 radical (unpaired) electrons. The Morgan fingerprint density at radius 3 is 2.40 bits per heavy atom. The molecule has 3 atom stereocenters. The fourth-order valence-electron chi connectivity index (χ4n) is 2.87. The molecular weight excluding hydrogens is 214 g/mol. The maximum absolute atomic E-state index is 11.8. The molecule has 15 heavy (non-hydrogen) atoms. The fourth-order valence-corrected chi connectivity index (χ4v) is 2.87. The van der Waals surface area contributed by atoms with Gasteiger partial charge in [0.05, 0.1) is 6.54 Å². The largest absolute Gasteiger partial charge is 0.336 e. The number of nitrogens with two attached hydrogens (primary N) is 1. The molecule has 2 aliphatic rings. The summed E-state index contributed by atoms with van der Waals surface area (Å²) in [5.74, 6) is 0.243. The lowest BCUT2D eigenvalue weighted by Crippen LogP contribution is -2.52. The third-order valence-corrected chi connectivity index (χ3v) is 3.39. The first-order valence-corrected chi connectivity index (χ1v) is 5.43. The highest BCUT2D eigenvalue weighted by Crippen LogP contribution is 2.34. The summed E-state index contributed by atoms with van der Waals surface area (Å²) >= 11 is 0. The van der Waals surface area contributed by atoms with Crippen LogP contribution in [-0.2, 0) is 4.79 Å². The summed E-state index contributed by atoms with van der Waals surface area (Å²) in [6.07, 6.45) is 4.28. The van der Waals surface area contributed by atoms with Crippen LogP contribution in [0.5, 0.6) is 0 Å². The van der Waals surface area contributed by atoms with E-state index in [1.165, 1.54) is 0 Å². The Kier molecular flexibility index (Phi) is 4.37. The maximum atomic E-state index is 11.8. The van der Waals surface area contributed by atoms with Crippen molar-refractivity contribution in [2.24, 2.45) is 5.73 Å². The zero-order valence-corrected chi connectivity index (χ0v) is 9.93. The third-order valence-electron chi connectivity index (χ3n) is 3.39. The third kappa shape index (κ3) is 2.44. The Labute approximate surface area is 97.0 Å². The van der Waals surface area contributed by atoms with E-state index >= 15 is 0 Å². The van der Waals surface area contributed by atoms with Crippen LogP contribution in [0.4, 0.5) is 0 Å². The summed E-state index contributed by atoms with van der Waals surface area (Å²) in [5.41, 5.74) is 5.94. The van der Waals surface area contributed by atoms with Crippen molar-refractivity contribution in [2.75, 3.05) is 13.6 Å². The predicted molar refractivity (Wildman–Crippen MR) is 62.0 cm³/mol. The second-order valence-corrected chi connectivity index (χ2v) is 4.45. The molecule has 0 aromatic heterocycles. The number of likely N-dealkylation sites (N-methyl/N-ethyl adjacent to an activating group) is 1. The van der Waals surface area contributed by atoms with E-state index in [1.807, 2.05) is 7.05 Å². The van der Waals surface area contributed by atoms with Crippen molar-refractivity contribution in [2.45, 2.75) is 43.8 Å². The lowest BCUT2D eigenvalue weighted by molar-refractivity contribution is -0.134. The van der Waals surface area contributed by atoms with Gasteiger partial charge in [0.1, 0.15) is 0 Å². The van der Waals surface area contributed by atoms with E-state index in [4.69, 9.17) is 5.73 Å². The van der Waals surface area contributed by atoms with Gasteiger partial charge in [-0.05, 0) is 32.7 Å². The Morgan fingerprint density at radius 2 is 1.93 bits per heavy atom. The molecule has 2 bridgehead atoms. The van der Waals surface area contributed by atoms with Crippen molar-refractivity contribution in [3.63, 3.8) is 0 Å². The highest BCUT2D eigenvalue weighted by molar-refractivity contribution is 5.85. The molecule has 0 spiro atoms. The summed E-state index contributed by atoms with van der Waals surface area (Å²) in [6.45, 7) is 0.461. The Balaban J connectivity index is 0.00000112. The van der Waals surface area contributed by atoms with Crippen molar-refractivity contribution in [3.8, 4) is 0 Å². The number of carbonyl (C=O) groups is 1. The first-order valence-electron chi connectivity index (χ1n) is 5.43. The summed E-state index contributed by atoms with van der Waals surface area (Å²) in [7, 11) is 1.81. The fraction of sp³-hybridized carbons (Fsp3) is 0.900. The van der Waals surface area contributed by atoms with E-state index < -0.39 is 0 Å². The molecule has 4 nitrogen and oxygen atoms in total. The van der Waals surface area contributed by atoms with E-state index in [-0.39, 0.29) is 18.3 Å². The van der Waals surface area contributed by atoms with Crippen molar-refractivity contribution >= 4 is 18.3 Å². The number of hydrogen-bond donors (Lipinski definition) is 2. The van der Waals surface area contributed by atoms with Crippen molar-refractivity contribution in [3.05, 3.63) is 0 Å². The highest BCUT2D eigenvalue weighted by Gasteiger charge is 2.41. The number of halogens is 1. The molecule has 2 saturated heterocycles. The van der Waals surface area contributed by atoms with Gasteiger partial charge in [-0.3, -0.25) is 4.79 Å². The summed E-state index contributed by atoms with van der Waals surface area (Å²) in [5, 5.41) is 2.92. The molecular formula is C10H20ClN3O. The number of rotatable bonds is 2. The van der Waals surface area contributed by atoms with E-state index in [0.717, 1.165) is 25.7 Å². The molecule has 5 heteroatoms. The van der Waals surface area contributed by atoms with Gasteiger partial charge in [-0.25, -0.2) is 0 Å². The summed E-state index contributed by atoms with van der Waals surface area (Å²) in [4.78, 5) is 13.9. The number of hydrogen-bond acceptors (Lipinski definition) is 3. The van der Waals surface area contributed by atoms with Crippen LogP contribution in [-0.4, -0.2) is 42.5 Å². The van der Waals surface area contributed by atoms with Gasteiger partial charge in [-0.15, -0.1) is 12.4 Å². The minimum absolute atomic E-state index is 0. The van der Waals surface area contributed by atoms with Crippen LogP contribution in [0.25, 0.3) is 0 Å². The number of nitrogens with one attached hydrogen (secondary N) is 1. The highest BCUT2D eigenvalue weighted by atomic mass is 35.5. The minimum Gasteiger partial charge on any atom is -0.336 e. The number of carbonyl (C=O) groups excluding carboxylic acids is 1. The Hall–Kier alpha value is -0.320. The predicted octanol–water partition coefficient (Wildman–Crippen LogP) is 0.108.